The van der Waals surface area contributed by atoms with Gasteiger partial charge in [0.05, 0.1) is 7.11 Å². The second-order valence-corrected chi connectivity index (χ2v) is 7.96. The minimum absolute atomic E-state index is 0.880. The molecule has 0 aliphatic heterocycles. The summed E-state index contributed by atoms with van der Waals surface area (Å²) in [6.07, 6.45) is 2.07. The number of hydrogen-bond donors (Lipinski definition) is 1. The van der Waals surface area contributed by atoms with Crippen LogP contribution in [-0.4, -0.2) is 39.2 Å². The molecule has 0 fully saturated rings. The Hall–Kier alpha value is -3.04. The summed E-state index contributed by atoms with van der Waals surface area (Å²) in [6.45, 7) is 4.29. The highest BCUT2D eigenvalue weighted by atomic mass is 16.5. The topological polar surface area (TPSA) is 24.5 Å². The van der Waals surface area contributed by atoms with E-state index in [1.165, 1.54) is 27.8 Å². The average Bonchev–Trinajstić information content (AvgIpc) is 2.81. The zero-order chi connectivity index (χ0) is 22.1. The number of hydrogen-bond acceptors (Lipinski definition) is 3. The summed E-state index contributed by atoms with van der Waals surface area (Å²) in [5, 5.41) is 3.54. The Bertz CT molecular complexity index is 958. The first-order chi connectivity index (χ1) is 15.1. The van der Waals surface area contributed by atoms with Crippen molar-refractivity contribution in [2.75, 3.05) is 39.6 Å². The molecule has 0 spiro atoms. The van der Waals surface area contributed by atoms with E-state index in [1.54, 1.807) is 7.11 Å². The number of ether oxygens (including phenoxy) is 1. The number of rotatable bonds is 10. The molecule has 3 aromatic rings. The molecule has 31 heavy (non-hydrogen) atoms. The van der Waals surface area contributed by atoms with Gasteiger partial charge in [-0.3, -0.25) is 0 Å². The van der Waals surface area contributed by atoms with E-state index in [0.717, 1.165) is 37.4 Å². The molecule has 3 aromatic carbocycles. The van der Waals surface area contributed by atoms with Crippen molar-refractivity contribution < 1.29 is 4.74 Å². The van der Waals surface area contributed by atoms with Gasteiger partial charge in [-0.2, -0.15) is 0 Å². The third-order valence-electron chi connectivity index (χ3n) is 5.44. The first-order valence-corrected chi connectivity index (χ1v) is 11.0. The largest absolute Gasteiger partial charge is 0.497 e. The number of benzene rings is 3. The van der Waals surface area contributed by atoms with E-state index in [9.17, 15) is 0 Å². The quantitative estimate of drug-likeness (QED) is 0.306. The highest BCUT2D eigenvalue weighted by Crippen LogP contribution is 2.35. The molecule has 162 valence electrons. The lowest BCUT2D eigenvalue weighted by atomic mass is 9.88. The molecule has 0 amide bonds. The molecular formula is C28H34N2O. The fourth-order valence-corrected chi connectivity index (χ4v) is 3.82. The van der Waals surface area contributed by atoms with Crippen molar-refractivity contribution in [3.63, 3.8) is 0 Å². The zero-order valence-corrected chi connectivity index (χ0v) is 19.2. The lowest BCUT2D eigenvalue weighted by Crippen LogP contribution is -2.16. The zero-order valence-electron chi connectivity index (χ0n) is 19.2. The lowest BCUT2D eigenvalue weighted by Gasteiger charge is -2.17. The Morgan fingerprint density at radius 2 is 1.42 bits per heavy atom. The van der Waals surface area contributed by atoms with Crippen molar-refractivity contribution in [1.82, 2.24) is 4.90 Å². The Morgan fingerprint density at radius 3 is 2.00 bits per heavy atom. The monoisotopic (exact) mass is 414 g/mol. The van der Waals surface area contributed by atoms with Gasteiger partial charge in [-0.15, -0.1) is 0 Å². The molecule has 0 aliphatic carbocycles. The Morgan fingerprint density at radius 1 is 0.806 bits per heavy atom. The highest BCUT2D eigenvalue weighted by Gasteiger charge is 2.13. The molecule has 0 aromatic heterocycles. The summed E-state index contributed by atoms with van der Waals surface area (Å²) >= 11 is 0. The van der Waals surface area contributed by atoms with E-state index < -0.39 is 0 Å². The Kier molecular flexibility index (Phi) is 8.31. The second-order valence-electron chi connectivity index (χ2n) is 7.96. The van der Waals surface area contributed by atoms with Crippen LogP contribution < -0.4 is 10.1 Å². The van der Waals surface area contributed by atoms with Gasteiger partial charge in [-0.25, -0.2) is 0 Å². The summed E-state index contributed by atoms with van der Waals surface area (Å²) in [5.41, 5.74) is 7.48. The number of methoxy groups -OCH3 is 1. The lowest BCUT2D eigenvalue weighted by molar-refractivity contribution is 0.405. The summed E-state index contributed by atoms with van der Waals surface area (Å²) < 4.78 is 5.35. The highest BCUT2D eigenvalue weighted by molar-refractivity contribution is 5.98. The predicted molar refractivity (Wildman–Crippen MR) is 134 cm³/mol. The standard InChI is InChI=1S/C28H34N2O/c1-5-27(22-14-18-26(31-4)19-15-22)28(23-10-7-6-8-11-23)24-12-16-25(17-13-24)29-20-9-21-30(2)3/h6-8,10-19,29H,5,9,20-21H2,1-4H3. The molecule has 0 unspecified atom stereocenters. The van der Waals surface area contributed by atoms with E-state index in [0.29, 0.717) is 0 Å². The van der Waals surface area contributed by atoms with Crippen LogP contribution in [0, 0.1) is 0 Å². The van der Waals surface area contributed by atoms with Crippen molar-refractivity contribution >= 4 is 16.8 Å². The SMILES string of the molecule is CCC(=C(c1ccccc1)c1ccc(NCCCN(C)C)cc1)c1ccc(OC)cc1. The summed E-state index contributed by atoms with van der Waals surface area (Å²) in [7, 11) is 5.93. The third kappa shape index (κ3) is 6.22. The van der Waals surface area contributed by atoms with E-state index in [-0.39, 0.29) is 0 Å². The molecular weight excluding hydrogens is 380 g/mol. The van der Waals surface area contributed by atoms with Gasteiger partial charge in [0.25, 0.3) is 0 Å². The van der Waals surface area contributed by atoms with Crippen LogP contribution in [0.15, 0.2) is 78.9 Å². The summed E-state index contributed by atoms with van der Waals surface area (Å²) in [5.74, 6) is 0.880. The number of anilines is 1. The van der Waals surface area contributed by atoms with E-state index >= 15 is 0 Å². The molecule has 0 atom stereocenters. The molecule has 0 heterocycles. The number of nitrogens with one attached hydrogen (secondary N) is 1. The predicted octanol–water partition coefficient (Wildman–Crippen LogP) is 6.43. The van der Waals surface area contributed by atoms with Crippen molar-refractivity contribution in [1.29, 1.82) is 0 Å². The summed E-state index contributed by atoms with van der Waals surface area (Å²) in [4.78, 5) is 2.22. The van der Waals surface area contributed by atoms with Crippen LogP contribution in [-0.2, 0) is 0 Å². The molecule has 0 aliphatic rings. The fourth-order valence-electron chi connectivity index (χ4n) is 3.82. The maximum Gasteiger partial charge on any atom is 0.118 e. The molecule has 3 heteroatoms. The smallest absolute Gasteiger partial charge is 0.118 e. The van der Waals surface area contributed by atoms with E-state index in [2.05, 4.69) is 98.0 Å². The molecule has 0 radical (unpaired) electrons. The van der Waals surface area contributed by atoms with Crippen LogP contribution in [0.5, 0.6) is 5.75 Å². The maximum atomic E-state index is 5.35. The third-order valence-corrected chi connectivity index (χ3v) is 5.44. The minimum atomic E-state index is 0.880. The minimum Gasteiger partial charge on any atom is -0.497 e. The molecule has 1 N–H and O–H groups in total. The van der Waals surface area contributed by atoms with Gasteiger partial charge in [0.2, 0.25) is 0 Å². The van der Waals surface area contributed by atoms with Gasteiger partial charge in [-0.05, 0) is 85.6 Å². The number of nitrogens with zero attached hydrogens (tertiary/aromatic N) is 1. The molecule has 0 saturated heterocycles. The van der Waals surface area contributed by atoms with Crippen LogP contribution in [0.4, 0.5) is 5.69 Å². The molecule has 0 saturated carbocycles. The van der Waals surface area contributed by atoms with Crippen molar-refractivity contribution in [3.05, 3.63) is 95.6 Å². The maximum absolute atomic E-state index is 5.35. The molecule has 3 rings (SSSR count). The van der Waals surface area contributed by atoms with Gasteiger partial charge < -0.3 is 15.0 Å². The van der Waals surface area contributed by atoms with Crippen molar-refractivity contribution in [3.8, 4) is 5.75 Å². The van der Waals surface area contributed by atoms with Crippen LogP contribution in [0.25, 0.3) is 11.1 Å². The molecule has 0 bridgehead atoms. The van der Waals surface area contributed by atoms with Crippen LogP contribution >= 0.6 is 0 Å². The van der Waals surface area contributed by atoms with Gasteiger partial charge in [-0.1, -0.05) is 61.5 Å². The van der Waals surface area contributed by atoms with Gasteiger partial charge >= 0.3 is 0 Å². The van der Waals surface area contributed by atoms with Crippen LogP contribution in [0.1, 0.15) is 36.5 Å². The van der Waals surface area contributed by atoms with E-state index in [1.807, 2.05) is 12.1 Å². The van der Waals surface area contributed by atoms with E-state index in [4.69, 9.17) is 4.74 Å². The molecule has 3 nitrogen and oxygen atoms in total. The Balaban J connectivity index is 1.94. The van der Waals surface area contributed by atoms with Gasteiger partial charge in [0.15, 0.2) is 0 Å². The van der Waals surface area contributed by atoms with Gasteiger partial charge in [0, 0.05) is 12.2 Å². The normalized spacial score (nSPS) is 11.9. The van der Waals surface area contributed by atoms with Crippen molar-refractivity contribution in [2.24, 2.45) is 0 Å². The van der Waals surface area contributed by atoms with Crippen molar-refractivity contribution in [2.45, 2.75) is 19.8 Å². The number of allylic oxidation sites excluding steroid dienone is 1. The first kappa shape index (κ1) is 22.6. The Labute approximate surface area is 187 Å². The summed E-state index contributed by atoms with van der Waals surface area (Å²) in [6, 6.07) is 27.9. The van der Waals surface area contributed by atoms with Crippen LogP contribution in [0.3, 0.4) is 0 Å². The fraction of sp³-hybridized carbons (Fsp3) is 0.286. The second kappa shape index (κ2) is 11.4. The van der Waals surface area contributed by atoms with Crippen LogP contribution in [0.2, 0.25) is 0 Å². The van der Waals surface area contributed by atoms with Gasteiger partial charge in [0.1, 0.15) is 5.75 Å². The first-order valence-electron chi connectivity index (χ1n) is 11.0. The average molecular weight is 415 g/mol.